The van der Waals surface area contributed by atoms with Crippen molar-refractivity contribution in [3.05, 3.63) is 35.4 Å². The zero-order valence-electron chi connectivity index (χ0n) is 14.8. The number of hydrogen-bond donors (Lipinski definition) is 2. The molecule has 24 heavy (non-hydrogen) atoms. The fourth-order valence-corrected chi connectivity index (χ4v) is 3.23. The molecule has 0 radical (unpaired) electrons. The Morgan fingerprint density at radius 3 is 2.21 bits per heavy atom. The molecule has 3 N–H and O–H groups in total. The second-order valence-corrected chi connectivity index (χ2v) is 6.57. The molecular weight excluding hydrogens is 302 g/mol. The smallest absolute Gasteiger partial charge is 0.253 e. The van der Waals surface area contributed by atoms with Gasteiger partial charge in [0, 0.05) is 25.2 Å². The molecular formula is C19H29N3O2. The Morgan fingerprint density at radius 1 is 1.08 bits per heavy atom. The van der Waals surface area contributed by atoms with Crippen molar-refractivity contribution in [2.45, 2.75) is 58.0 Å². The lowest BCUT2D eigenvalue weighted by Crippen LogP contribution is -2.54. The molecule has 1 saturated carbocycles. The van der Waals surface area contributed by atoms with Gasteiger partial charge in [-0.1, -0.05) is 31.4 Å². The third-order valence-electron chi connectivity index (χ3n) is 4.90. The van der Waals surface area contributed by atoms with Crippen molar-refractivity contribution in [3.63, 3.8) is 0 Å². The van der Waals surface area contributed by atoms with Crippen LogP contribution in [0.4, 0.5) is 0 Å². The highest BCUT2D eigenvalue weighted by atomic mass is 16.2. The van der Waals surface area contributed by atoms with Crippen LogP contribution in [0.15, 0.2) is 24.3 Å². The molecule has 1 aliphatic carbocycles. The van der Waals surface area contributed by atoms with Crippen molar-refractivity contribution in [2.24, 2.45) is 5.73 Å². The van der Waals surface area contributed by atoms with Gasteiger partial charge in [0.25, 0.3) is 5.91 Å². The van der Waals surface area contributed by atoms with Crippen molar-refractivity contribution >= 4 is 11.8 Å². The summed E-state index contributed by atoms with van der Waals surface area (Å²) < 4.78 is 0. The van der Waals surface area contributed by atoms with Gasteiger partial charge in [0.2, 0.25) is 5.91 Å². The number of hydrogen-bond acceptors (Lipinski definition) is 3. The van der Waals surface area contributed by atoms with E-state index < -0.39 is 5.54 Å². The standard InChI is InChI=1S/C19H29N3O2/c1-3-22(4-2)17(23)16-10-8-15(9-11-16)14-21-18(24)19(20)12-6-5-7-13-19/h8-11H,3-7,12-14,20H2,1-2H3,(H,21,24). The van der Waals surface area contributed by atoms with Crippen LogP contribution in [0, 0.1) is 0 Å². The highest BCUT2D eigenvalue weighted by Gasteiger charge is 2.34. The predicted molar refractivity (Wildman–Crippen MR) is 95.5 cm³/mol. The maximum atomic E-state index is 12.3. The lowest BCUT2D eigenvalue weighted by atomic mass is 9.82. The van der Waals surface area contributed by atoms with E-state index in [1.54, 1.807) is 4.90 Å². The third kappa shape index (κ3) is 4.35. The van der Waals surface area contributed by atoms with E-state index in [-0.39, 0.29) is 11.8 Å². The van der Waals surface area contributed by atoms with Gasteiger partial charge in [-0.2, -0.15) is 0 Å². The monoisotopic (exact) mass is 331 g/mol. The van der Waals surface area contributed by atoms with Crippen LogP contribution < -0.4 is 11.1 Å². The molecule has 0 atom stereocenters. The van der Waals surface area contributed by atoms with Crippen LogP contribution in [0.3, 0.4) is 0 Å². The molecule has 132 valence electrons. The van der Waals surface area contributed by atoms with Crippen molar-refractivity contribution < 1.29 is 9.59 Å². The van der Waals surface area contributed by atoms with Gasteiger partial charge in [0.05, 0.1) is 5.54 Å². The summed E-state index contributed by atoms with van der Waals surface area (Å²) in [5, 5.41) is 2.94. The van der Waals surface area contributed by atoms with Crippen LogP contribution >= 0.6 is 0 Å². The summed E-state index contributed by atoms with van der Waals surface area (Å²) >= 11 is 0. The third-order valence-corrected chi connectivity index (χ3v) is 4.90. The zero-order chi connectivity index (χ0) is 17.6. The first-order valence-electron chi connectivity index (χ1n) is 8.95. The second-order valence-electron chi connectivity index (χ2n) is 6.57. The first-order valence-corrected chi connectivity index (χ1v) is 8.95. The first kappa shape index (κ1) is 18.5. The summed E-state index contributed by atoms with van der Waals surface area (Å²) in [6.07, 6.45) is 4.72. The number of carbonyl (C=O) groups excluding carboxylic acids is 2. The van der Waals surface area contributed by atoms with Crippen molar-refractivity contribution in [1.82, 2.24) is 10.2 Å². The molecule has 0 aliphatic heterocycles. The molecule has 1 aromatic carbocycles. The molecule has 0 bridgehead atoms. The molecule has 0 saturated heterocycles. The number of amides is 2. The summed E-state index contributed by atoms with van der Waals surface area (Å²) in [7, 11) is 0. The largest absolute Gasteiger partial charge is 0.350 e. The van der Waals surface area contributed by atoms with E-state index in [1.165, 1.54) is 0 Å². The zero-order valence-corrected chi connectivity index (χ0v) is 14.8. The normalized spacial score (nSPS) is 16.5. The molecule has 1 aliphatic rings. The number of rotatable bonds is 6. The van der Waals surface area contributed by atoms with Crippen molar-refractivity contribution in [1.29, 1.82) is 0 Å². The Balaban J connectivity index is 1.92. The molecule has 1 fully saturated rings. The SMILES string of the molecule is CCN(CC)C(=O)c1ccc(CNC(=O)C2(N)CCCCC2)cc1. The minimum Gasteiger partial charge on any atom is -0.350 e. The van der Waals surface area contributed by atoms with Gasteiger partial charge >= 0.3 is 0 Å². The Labute approximate surface area is 144 Å². The molecule has 1 aromatic rings. The van der Waals surface area contributed by atoms with Crippen LogP contribution in [0.25, 0.3) is 0 Å². The summed E-state index contributed by atoms with van der Waals surface area (Å²) in [5.74, 6) is -0.0239. The van der Waals surface area contributed by atoms with Crippen LogP contribution in [0.5, 0.6) is 0 Å². The Bertz CT molecular complexity index is 558. The average molecular weight is 331 g/mol. The molecule has 2 amide bonds. The highest BCUT2D eigenvalue weighted by Crippen LogP contribution is 2.26. The molecule has 0 spiro atoms. The van der Waals surface area contributed by atoms with E-state index in [0.29, 0.717) is 25.2 Å². The summed E-state index contributed by atoms with van der Waals surface area (Å²) in [4.78, 5) is 26.4. The van der Waals surface area contributed by atoms with Gasteiger partial charge in [-0.05, 0) is 44.4 Å². The summed E-state index contributed by atoms with van der Waals surface area (Å²) in [5.41, 5.74) is 7.17. The molecule has 0 unspecified atom stereocenters. The topological polar surface area (TPSA) is 75.4 Å². The van der Waals surface area contributed by atoms with Crippen LogP contribution in [0.2, 0.25) is 0 Å². The maximum absolute atomic E-state index is 12.3. The van der Waals surface area contributed by atoms with Crippen molar-refractivity contribution in [3.8, 4) is 0 Å². The van der Waals surface area contributed by atoms with E-state index in [0.717, 1.165) is 37.7 Å². The molecule has 2 rings (SSSR count). The molecule has 5 nitrogen and oxygen atoms in total. The lowest BCUT2D eigenvalue weighted by molar-refractivity contribution is -0.127. The Kier molecular flexibility index (Phi) is 6.37. The van der Waals surface area contributed by atoms with E-state index in [1.807, 2.05) is 38.1 Å². The maximum Gasteiger partial charge on any atom is 0.253 e. The van der Waals surface area contributed by atoms with E-state index in [2.05, 4.69) is 5.32 Å². The Hall–Kier alpha value is -1.88. The van der Waals surface area contributed by atoms with E-state index in [4.69, 9.17) is 5.73 Å². The van der Waals surface area contributed by atoms with Gasteiger partial charge in [0.15, 0.2) is 0 Å². The Morgan fingerprint density at radius 2 is 1.67 bits per heavy atom. The van der Waals surface area contributed by atoms with Crippen LogP contribution in [0.1, 0.15) is 61.9 Å². The summed E-state index contributed by atoms with van der Waals surface area (Å²) in [6, 6.07) is 7.42. The fourth-order valence-electron chi connectivity index (χ4n) is 3.23. The molecule has 0 heterocycles. The first-order chi connectivity index (χ1) is 11.5. The second kappa shape index (κ2) is 8.29. The number of nitrogens with two attached hydrogens (primary N) is 1. The van der Waals surface area contributed by atoms with Gasteiger partial charge in [0.1, 0.15) is 0 Å². The van der Waals surface area contributed by atoms with E-state index in [9.17, 15) is 9.59 Å². The fraction of sp³-hybridized carbons (Fsp3) is 0.579. The highest BCUT2D eigenvalue weighted by molar-refractivity contribution is 5.94. The molecule has 0 aromatic heterocycles. The van der Waals surface area contributed by atoms with Gasteiger partial charge in [-0.25, -0.2) is 0 Å². The number of nitrogens with one attached hydrogen (secondary N) is 1. The average Bonchev–Trinajstić information content (AvgIpc) is 2.61. The van der Waals surface area contributed by atoms with Crippen LogP contribution in [-0.2, 0) is 11.3 Å². The van der Waals surface area contributed by atoms with Gasteiger partial charge < -0.3 is 16.0 Å². The molecule has 5 heteroatoms. The lowest BCUT2D eigenvalue weighted by Gasteiger charge is -2.31. The minimum absolute atomic E-state index is 0.0405. The van der Waals surface area contributed by atoms with Crippen molar-refractivity contribution in [2.75, 3.05) is 13.1 Å². The number of benzene rings is 1. The van der Waals surface area contributed by atoms with Gasteiger partial charge in [-0.3, -0.25) is 9.59 Å². The number of nitrogens with zero attached hydrogens (tertiary/aromatic N) is 1. The van der Waals surface area contributed by atoms with Crippen LogP contribution in [-0.4, -0.2) is 35.3 Å². The van der Waals surface area contributed by atoms with Gasteiger partial charge in [-0.15, -0.1) is 0 Å². The quantitative estimate of drug-likeness (QED) is 0.841. The van der Waals surface area contributed by atoms with E-state index >= 15 is 0 Å². The number of carbonyl (C=O) groups is 2. The summed E-state index contributed by atoms with van der Waals surface area (Å²) in [6.45, 7) is 5.79. The minimum atomic E-state index is -0.711. The predicted octanol–water partition coefficient (Wildman–Crippen LogP) is 2.45.